The second-order valence-corrected chi connectivity index (χ2v) is 13.5. The molecule has 15 heteroatoms. The summed E-state index contributed by atoms with van der Waals surface area (Å²) in [6, 6.07) is 11.8. The van der Waals surface area contributed by atoms with E-state index in [0.29, 0.717) is 18.6 Å². The fourth-order valence-electron chi connectivity index (χ4n) is 5.46. The second kappa shape index (κ2) is 18.3. The number of rotatable bonds is 10. The van der Waals surface area contributed by atoms with E-state index in [1.54, 1.807) is 32.9 Å². The molecule has 2 heterocycles. The van der Waals surface area contributed by atoms with Crippen LogP contribution >= 0.6 is 11.8 Å². The van der Waals surface area contributed by atoms with Crippen molar-refractivity contribution in [2.75, 3.05) is 25.1 Å². The topological polar surface area (TPSA) is 176 Å². The molecule has 4 N–H and O–H groups in total. The summed E-state index contributed by atoms with van der Waals surface area (Å²) in [6.45, 7) is 4.59. The van der Waals surface area contributed by atoms with Gasteiger partial charge in [-0.2, -0.15) is 16.7 Å². The van der Waals surface area contributed by atoms with Gasteiger partial charge in [0.2, 0.25) is 41.3 Å². The summed E-state index contributed by atoms with van der Waals surface area (Å²) in [5.41, 5.74) is 1.03. The number of carbonyl (C=O) groups excluding carboxylic acids is 5. The zero-order valence-electron chi connectivity index (χ0n) is 28.6. The summed E-state index contributed by atoms with van der Waals surface area (Å²) in [7, 11) is 0. The number of thioether (sulfide) groups is 1. The normalized spacial score (nSPS) is 21.0. The van der Waals surface area contributed by atoms with E-state index in [1.807, 2.05) is 36.6 Å². The maximum Gasteiger partial charge on any atom is 0.243 e. The number of hydrogen-bond acceptors (Lipinski definition) is 9. The van der Waals surface area contributed by atoms with Gasteiger partial charge in [-0.1, -0.05) is 61.5 Å². The predicted molar refractivity (Wildman–Crippen MR) is 186 cm³/mol. The van der Waals surface area contributed by atoms with Gasteiger partial charge in [0.15, 0.2) is 0 Å². The van der Waals surface area contributed by atoms with Gasteiger partial charge in [-0.25, -0.2) is 4.39 Å². The molecule has 0 saturated carbocycles. The van der Waals surface area contributed by atoms with Crippen LogP contribution in [0.3, 0.4) is 0 Å². The average Bonchev–Trinajstić information content (AvgIpc) is 3.56. The minimum Gasteiger partial charge on any atom is -0.349 e. The molecule has 0 unspecified atom stereocenters. The fraction of sp³-hybridized carbons (Fsp3) is 0.457. The number of nitrogens with zero attached hydrogens (tertiary/aromatic N) is 3. The quantitative estimate of drug-likeness (QED) is 0.246. The van der Waals surface area contributed by atoms with Crippen LogP contribution in [0.4, 0.5) is 4.39 Å². The highest BCUT2D eigenvalue weighted by atomic mass is 32.2. The van der Waals surface area contributed by atoms with Gasteiger partial charge in [-0.15, -0.1) is 0 Å². The van der Waals surface area contributed by atoms with Crippen LogP contribution in [0.15, 0.2) is 59.1 Å². The minimum absolute atomic E-state index is 0.00560. The molecule has 2 aromatic carbocycles. The van der Waals surface area contributed by atoms with Crippen LogP contribution in [0, 0.1) is 11.7 Å². The minimum atomic E-state index is -0.998. The largest absolute Gasteiger partial charge is 0.349 e. The molecule has 0 aliphatic carbocycles. The van der Waals surface area contributed by atoms with Crippen molar-refractivity contribution in [2.45, 2.75) is 70.6 Å². The summed E-state index contributed by atoms with van der Waals surface area (Å²) in [5, 5.41) is 15.0. The van der Waals surface area contributed by atoms with E-state index in [1.165, 1.54) is 28.8 Å². The molecular weight excluding hydrogens is 665 g/mol. The van der Waals surface area contributed by atoms with Crippen LogP contribution < -0.4 is 21.3 Å². The van der Waals surface area contributed by atoms with Crippen LogP contribution in [0.2, 0.25) is 0 Å². The van der Waals surface area contributed by atoms with E-state index in [-0.39, 0.29) is 42.6 Å². The summed E-state index contributed by atoms with van der Waals surface area (Å²) in [4.78, 5) is 73.1. The number of aryl methyl sites for hydroxylation is 1. The third-order valence-corrected chi connectivity index (χ3v) is 8.84. The van der Waals surface area contributed by atoms with Gasteiger partial charge < -0.3 is 30.7 Å². The number of aromatic nitrogens is 2. The number of halogens is 1. The monoisotopic (exact) mass is 709 g/mol. The molecule has 5 amide bonds. The van der Waals surface area contributed by atoms with E-state index in [0.717, 1.165) is 5.56 Å². The molecule has 1 fully saturated rings. The lowest BCUT2D eigenvalue weighted by Crippen LogP contribution is -2.57. The number of amides is 5. The maximum absolute atomic E-state index is 14.3. The van der Waals surface area contributed by atoms with E-state index < -0.39 is 66.1 Å². The van der Waals surface area contributed by atoms with Crippen molar-refractivity contribution >= 4 is 41.3 Å². The van der Waals surface area contributed by atoms with Crippen LogP contribution in [0.25, 0.3) is 11.4 Å². The molecule has 1 aliphatic rings. The Labute approximate surface area is 294 Å². The van der Waals surface area contributed by atoms with E-state index in [4.69, 9.17) is 4.52 Å². The first-order chi connectivity index (χ1) is 23.9. The number of benzene rings is 2. The number of carbonyl (C=O) groups is 5. The molecule has 50 heavy (non-hydrogen) atoms. The average molecular weight is 710 g/mol. The van der Waals surface area contributed by atoms with Gasteiger partial charge in [0.1, 0.15) is 23.9 Å². The molecule has 4 rings (SSSR count). The molecule has 3 aromatic rings. The third-order valence-electron chi connectivity index (χ3n) is 8.20. The lowest BCUT2D eigenvalue weighted by atomic mass is 10.0. The Morgan fingerprint density at radius 1 is 0.980 bits per heavy atom. The first-order valence-electron chi connectivity index (χ1n) is 16.5. The molecule has 4 atom stereocenters. The first kappa shape index (κ1) is 38.0. The second-order valence-electron chi connectivity index (χ2n) is 12.5. The van der Waals surface area contributed by atoms with Crippen LogP contribution in [0.1, 0.15) is 45.1 Å². The van der Waals surface area contributed by atoms with Crippen LogP contribution in [-0.2, 0) is 36.8 Å². The van der Waals surface area contributed by atoms with Crippen molar-refractivity contribution in [3.63, 3.8) is 0 Å². The van der Waals surface area contributed by atoms with Crippen molar-refractivity contribution in [1.82, 2.24) is 36.3 Å². The molecule has 1 aromatic heterocycles. The number of nitrogens with one attached hydrogen (secondary N) is 4. The highest BCUT2D eigenvalue weighted by Gasteiger charge is 2.32. The summed E-state index contributed by atoms with van der Waals surface area (Å²) in [5.74, 6) is -2.76. The highest BCUT2D eigenvalue weighted by molar-refractivity contribution is 7.98. The van der Waals surface area contributed by atoms with Gasteiger partial charge >= 0.3 is 0 Å². The van der Waals surface area contributed by atoms with Crippen molar-refractivity contribution in [3.8, 4) is 11.4 Å². The lowest BCUT2D eigenvalue weighted by molar-refractivity contribution is -0.138. The Bertz CT molecular complexity index is 1640. The smallest absolute Gasteiger partial charge is 0.243 e. The zero-order valence-corrected chi connectivity index (χ0v) is 29.4. The predicted octanol–water partition coefficient (Wildman–Crippen LogP) is 2.26. The Morgan fingerprint density at radius 2 is 1.70 bits per heavy atom. The molecule has 0 spiro atoms. The Kier molecular flexibility index (Phi) is 13.9. The molecule has 1 saturated heterocycles. The third kappa shape index (κ3) is 10.9. The van der Waals surface area contributed by atoms with Crippen molar-refractivity contribution in [2.24, 2.45) is 5.92 Å². The van der Waals surface area contributed by atoms with Crippen LogP contribution in [0.5, 0.6) is 0 Å². The molecule has 13 nitrogen and oxygen atoms in total. The van der Waals surface area contributed by atoms with E-state index in [2.05, 4.69) is 31.4 Å². The van der Waals surface area contributed by atoms with Crippen molar-refractivity contribution in [1.29, 1.82) is 0 Å². The van der Waals surface area contributed by atoms with Gasteiger partial charge in [0.05, 0.1) is 18.2 Å². The van der Waals surface area contributed by atoms with Gasteiger partial charge in [-0.05, 0) is 55.4 Å². The Hall–Kier alpha value is -4.79. The lowest BCUT2D eigenvalue weighted by Gasteiger charge is -2.29. The molecule has 1 aliphatic heterocycles. The van der Waals surface area contributed by atoms with Gasteiger partial charge in [0.25, 0.3) is 0 Å². The van der Waals surface area contributed by atoms with Gasteiger partial charge in [-0.3, -0.25) is 24.0 Å². The molecular formula is C35H44FN7O6S. The first-order valence-corrected chi connectivity index (χ1v) is 17.9. The molecule has 268 valence electrons. The Balaban J connectivity index is 1.61. The highest BCUT2D eigenvalue weighted by Crippen LogP contribution is 2.20. The van der Waals surface area contributed by atoms with Gasteiger partial charge in [0, 0.05) is 19.4 Å². The standard InChI is InChI=1S/C35H44FN7O6S/c1-21(2)31-35(48)39-27(16-17-50-4)34(47)37-22(3)33(46)38-24(18-23-10-6-5-7-11-23)19-43(20-28(44)40-31)30(45)15-14-29-41-32(42-49-29)25-12-8-9-13-26(25)36/h5-13,21-22,24,27,31H,14-20H2,1-4H3,(H,37,47)(H,38,46)(H,39,48)(H,40,44)/t22-,24+,27-,31-/m0/s1. The summed E-state index contributed by atoms with van der Waals surface area (Å²) in [6.07, 6.45) is 2.37. The molecule has 0 bridgehead atoms. The van der Waals surface area contributed by atoms with Crippen molar-refractivity contribution in [3.05, 3.63) is 71.9 Å². The SMILES string of the molecule is CSCC[C@@H]1NC(=O)[C@H](C(C)C)NC(=O)CN(C(=O)CCc2nc(-c3ccccc3F)no2)C[C@@H](Cc2ccccc2)NC(=O)[C@H](C)NC1=O. The van der Waals surface area contributed by atoms with Crippen LogP contribution in [-0.4, -0.2) is 93.8 Å². The summed E-state index contributed by atoms with van der Waals surface area (Å²) < 4.78 is 19.6. The Morgan fingerprint density at radius 3 is 2.40 bits per heavy atom. The van der Waals surface area contributed by atoms with E-state index in [9.17, 15) is 28.4 Å². The van der Waals surface area contributed by atoms with E-state index >= 15 is 0 Å². The number of hydrogen-bond donors (Lipinski definition) is 4. The summed E-state index contributed by atoms with van der Waals surface area (Å²) >= 11 is 1.51. The fourth-order valence-corrected chi connectivity index (χ4v) is 5.93. The maximum atomic E-state index is 14.3. The zero-order chi connectivity index (χ0) is 36.2. The molecule has 0 radical (unpaired) electrons. The van der Waals surface area contributed by atoms with Crippen molar-refractivity contribution < 1.29 is 32.9 Å².